The van der Waals surface area contributed by atoms with Crippen molar-refractivity contribution in [2.24, 2.45) is 5.10 Å². The van der Waals surface area contributed by atoms with Crippen LogP contribution in [0.25, 0.3) is 0 Å². The van der Waals surface area contributed by atoms with Crippen molar-refractivity contribution in [3.8, 4) is 0 Å². The molecule has 1 N–H and O–H groups in total. The topological polar surface area (TPSA) is 67.5 Å². The number of nitrogens with zero attached hydrogens (tertiary/aromatic N) is 2. The standard InChI is InChI=1S/C19H14ClN3O2S/c20-15-7-9-17(10-8-15)26-19-11-6-14(12-18(19)23(24)25)13-21-22-16-4-2-1-3-5-16/h1-13,22H/b21-13+. The maximum Gasteiger partial charge on any atom is 0.283 e. The molecule has 0 fully saturated rings. The second-order valence-electron chi connectivity index (χ2n) is 5.28. The van der Waals surface area contributed by atoms with E-state index in [0.29, 0.717) is 15.5 Å². The van der Waals surface area contributed by atoms with E-state index in [-0.39, 0.29) is 10.6 Å². The first kappa shape index (κ1) is 18.0. The molecule has 0 saturated carbocycles. The van der Waals surface area contributed by atoms with Gasteiger partial charge in [0.05, 0.1) is 21.7 Å². The van der Waals surface area contributed by atoms with Crippen molar-refractivity contribution in [1.82, 2.24) is 0 Å². The first-order valence-corrected chi connectivity index (χ1v) is 8.87. The lowest BCUT2D eigenvalue weighted by Crippen LogP contribution is -1.95. The SMILES string of the molecule is O=[N+]([O-])c1cc(/C=N/Nc2ccccc2)ccc1Sc1ccc(Cl)cc1. The van der Waals surface area contributed by atoms with Gasteiger partial charge in [-0.3, -0.25) is 15.5 Å². The Morgan fingerprint density at radius 3 is 2.46 bits per heavy atom. The van der Waals surface area contributed by atoms with Gasteiger partial charge in [0.1, 0.15) is 0 Å². The fourth-order valence-electron chi connectivity index (χ4n) is 2.17. The number of hydrazone groups is 1. The first-order valence-electron chi connectivity index (χ1n) is 7.68. The summed E-state index contributed by atoms with van der Waals surface area (Å²) in [6, 6.07) is 21.7. The van der Waals surface area contributed by atoms with Gasteiger partial charge in [-0.05, 0) is 42.5 Å². The molecule has 0 amide bonds. The molecule has 0 saturated heterocycles. The summed E-state index contributed by atoms with van der Waals surface area (Å²) in [5.41, 5.74) is 4.40. The largest absolute Gasteiger partial charge is 0.283 e. The van der Waals surface area contributed by atoms with E-state index in [1.165, 1.54) is 17.8 Å². The van der Waals surface area contributed by atoms with E-state index >= 15 is 0 Å². The van der Waals surface area contributed by atoms with Gasteiger partial charge in [-0.2, -0.15) is 5.10 Å². The summed E-state index contributed by atoms with van der Waals surface area (Å²) in [6.45, 7) is 0. The predicted octanol–water partition coefficient (Wildman–Crippen LogP) is 5.85. The summed E-state index contributed by atoms with van der Waals surface area (Å²) in [7, 11) is 0. The van der Waals surface area contributed by atoms with Crippen molar-refractivity contribution in [2.75, 3.05) is 5.43 Å². The second kappa shape index (κ2) is 8.51. The van der Waals surface area contributed by atoms with Crippen molar-refractivity contribution in [1.29, 1.82) is 0 Å². The second-order valence-corrected chi connectivity index (χ2v) is 6.83. The molecule has 7 heteroatoms. The van der Waals surface area contributed by atoms with E-state index in [4.69, 9.17) is 11.6 Å². The molecule has 26 heavy (non-hydrogen) atoms. The monoisotopic (exact) mass is 383 g/mol. The molecule has 0 spiro atoms. The summed E-state index contributed by atoms with van der Waals surface area (Å²) < 4.78 is 0. The zero-order chi connectivity index (χ0) is 18.4. The number of nitro groups is 1. The smallest absolute Gasteiger partial charge is 0.279 e. The molecular formula is C19H14ClN3O2S. The molecule has 0 bridgehead atoms. The molecule has 3 rings (SSSR count). The number of benzene rings is 3. The summed E-state index contributed by atoms with van der Waals surface area (Å²) >= 11 is 7.19. The summed E-state index contributed by atoms with van der Waals surface area (Å²) in [5.74, 6) is 0. The van der Waals surface area contributed by atoms with Crippen LogP contribution in [0.3, 0.4) is 0 Å². The molecule has 0 aliphatic carbocycles. The van der Waals surface area contributed by atoms with Gasteiger partial charge in [-0.1, -0.05) is 47.6 Å². The van der Waals surface area contributed by atoms with Crippen LogP contribution in [-0.4, -0.2) is 11.1 Å². The van der Waals surface area contributed by atoms with Crippen LogP contribution < -0.4 is 5.43 Å². The van der Waals surface area contributed by atoms with Crippen LogP contribution >= 0.6 is 23.4 Å². The van der Waals surface area contributed by atoms with Crippen LogP contribution in [0.4, 0.5) is 11.4 Å². The lowest BCUT2D eigenvalue weighted by Gasteiger charge is -2.04. The third kappa shape index (κ3) is 4.84. The quantitative estimate of drug-likeness (QED) is 0.329. The van der Waals surface area contributed by atoms with Crippen LogP contribution in [0.2, 0.25) is 5.02 Å². The Kier molecular flexibility index (Phi) is 5.88. The summed E-state index contributed by atoms with van der Waals surface area (Å²) in [5, 5.41) is 16.2. The van der Waals surface area contributed by atoms with Crippen molar-refractivity contribution >= 4 is 41.0 Å². The third-order valence-electron chi connectivity index (χ3n) is 3.40. The van der Waals surface area contributed by atoms with Gasteiger partial charge in [-0.15, -0.1) is 0 Å². The average molecular weight is 384 g/mol. The number of nitro benzene ring substituents is 1. The zero-order valence-corrected chi connectivity index (χ0v) is 15.1. The number of halogens is 1. The number of rotatable bonds is 6. The van der Waals surface area contributed by atoms with Gasteiger partial charge in [0, 0.05) is 21.5 Å². The molecule has 130 valence electrons. The highest BCUT2D eigenvalue weighted by molar-refractivity contribution is 7.99. The number of para-hydroxylation sites is 1. The Morgan fingerprint density at radius 1 is 1.04 bits per heavy atom. The highest BCUT2D eigenvalue weighted by Crippen LogP contribution is 2.35. The van der Waals surface area contributed by atoms with Crippen molar-refractivity contribution in [3.63, 3.8) is 0 Å². The molecule has 0 aliphatic heterocycles. The maximum absolute atomic E-state index is 11.4. The van der Waals surface area contributed by atoms with Gasteiger partial charge in [0.25, 0.3) is 5.69 Å². The van der Waals surface area contributed by atoms with Crippen LogP contribution in [-0.2, 0) is 0 Å². The van der Waals surface area contributed by atoms with Crippen molar-refractivity contribution in [2.45, 2.75) is 9.79 Å². The van der Waals surface area contributed by atoms with Crippen molar-refractivity contribution < 1.29 is 4.92 Å². The molecule has 0 heterocycles. The van der Waals surface area contributed by atoms with E-state index in [0.717, 1.165) is 10.6 Å². The molecule has 0 radical (unpaired) electrons. The number of anilines is 1. The first-order chi connectivity index (χ1) is 12.6. The maximum atomic E-state index is 11.4. The Labute approximate surface area is 159 Å². The molecule has 0 atom stereocenters. The molecule has 0 aliphatic rings. The Morgan fingerprint density at radius 2 is 1.77 bits per heavy atom. The molecule has 3 aromatic rings. The minimum atomic E-state index is -0.389. The molecule has 0 aromatic heterocycles. The van der Waals surface area contributed by atoms with E-state index in [2.05, 4.69) is 10.5 Å². The summed E-state index contributed by atoms with van der Waals surface area (Å²) in [6.07, 6.45) is 1.55. The Hall–Kier alpha value is -2.83. The highest BCUT2D eigenvalue weighted by atomic mass is 35.5. The van der Waals surface area contributed by atoms with Crippen LogP contribution in [0.1, 0.15) is 5.56 Å². The number of hydrogen-bond acceptors (Lipinski definition) is 5. The minimum absolute atomic E-state index is 0.0358. The average Bonchev–Trinajstić information content (AvgIpc) is 2.65. The normalized spacial score (nSPS) is 10.8. The van der Waals surface area contributed by atoms with Gasteiger partial charge < -0.3 is 0 Å². The number of nitrogens with one attached hydrogen (secondary N) is 1. The molecule has 3 aromatic carbocycles. The summed E-state index contributed by atoms with van der Waals surface area (Å²) in [4.78, 5) is 12.5. The third-order valence-corrected chi connectivity index (χ3v) is 4.73. The van der Waals surface area contributed by atoms with E-state index in [1.807, 2.05) is 42.5 Å². The van der Waals surface area contributed by atoms with Crippen LogP contribution in [0, 0.1) is 10.1 Å². The number of hydrogen-bond donors (Lipinski definition) is 1. The zero-order valence-electron chi connectivity index (χ0n) is 13.5. The van der Waals surface area contributed by atoms with Gasteiger partial charge in [0.2, 0.25) is 0 Å². The van der Waals surface area contributed by atoms with Gasteiger partial charge in [0.15, 0.2) is 0 Å². The van der Waals surface area contributed by atoms with E-state index in [1.54, 1.807) is 30.5 Å². The molecule has 5 nitrogen and oxygen atoms in total. The highest BCUT2D eigenvalue weighted by Gasteiger charge is 2.15. The van der Waals surface area contributed by atoms with Gasteiger partial charge in [-0.25, -0.2) is 0 Å². The minimum Gasteiger partial charge on any atom is -0.279 e. The predicted molar refractivity (Wildman–Crippen MR) is 106 cm³/mol. The molecular weight excluding hydrogens is 370 g/mol. The van der Waals surface area contributed by atoms with Crippen LogP contribution in [0.5, 0.6) is 0 Å². The van der Waals surface area contributed by atoms with Crippen LogP contribution in [0.15, 0.2) is 87.7 Å². The molecule has 0 unspecified atom stereocenters. The van der Waals surface area contributed by atoms with Crippen molar-refractivity contribution in [3.05, 3.63) is 93.5 Å². The Bertz CT molecular complexity index is 931. The van der Waals surface area contributed by atoms with Gasteiger partial charge >= 0.3 is 0 Å². The fourth-order valence-corrected chi connectivity index (χ4v) is 3.19. The lowest BCUT2D eigenvalue weighted by molar-refractivity contribution is -0.387. The van der Waals surface area contributed by atoms with E-state index < -0.39 is 0 Å². The Balaban J connectivity index is 1.78. The lowest BCUT2D eigenvalue weighted by atomic mass is 10.2. The fraction of sp³-hybridized carbons (Fsp3) is 0. The van der Waals surface area contributed by atoms with E-state index in [9.17, 15) is 10.1 Å².